The molecule has 0 unspecified atom stereocenters. The summed E-state index contributed by atoms with van der Waals surface area (Å²) in [6.45, 7) is 2.36. The monoisotopic (exact) mass is 209 g/mol. The molecule has 2 heterocycles. The summed E-state index contributed by atoms with van der Waals surface area (Å²) in [7, 11) is 0. The first kappa shape index (κ1) is 9.80. The molecule has 1 aromatic heterocycles. The van der Waals surface area contributed by atoms with Gasteiger partial charge in [0.1, 0.15) is 5.03 Å². The van der Waals surface area contributed by atoms with Crippen LogP contribution in [-0.4, -0.2) is 23.8 Å². The zero-order valence-electron chi connectivity index (χ0n) is 8.07. The van der Waals surface area contributed by atoms with Crippen LogP contribution in [0.4, 0.5) is 5.69 Å². The maximum atomic E-state index is 5.79. The Morgan fingerprint density at radius 1 is 1.57 bits per heavy atom. The SMILES string of the molecule is Nc1cccnc1SCCC1CNC1. The maximum absolute atomic E-state index is 5.79. The van der Waals surface area contributed by atoms with Crippen LogP contribution >= 0.6 is 11.8 Å². The summed E-state index contributed by atoms with van der Waals surface area (Å²) in [4.78, 5) is 4.24. The summed E-state index contributed by atoms with van der Waals surface area (Å²) >= 11 is 1.76. The van der Waals surface area contributed by atoms with Crippen molar-refractivity contribution in [1.82, 2.24) is 10.3 Å². The first-order valence-corrected chi connectivity index (χ1v) is 5.89. The second-order valence-electron chi connectivity index (χ2n) is 3.56. The van der Waals surface area contributed by atoms with Crippen LogP contribution in [0.5, 0.6) is 0 Å². The Morgan fingerprint density at radius 3 is 3.07 bits per heavy atom. The molecule has 1 fully saturated rings. The normalized spacial score (nSPS) is 16.6. The van der Waals surface area contributed by atoms with Gasteiger partial charge in [-0.3, -0.25) is 0 Å². The zero-order chi connectivity index (χ0) is 9.80. The number of nitrogens with zero attached hydrogens (tertiary/aromatic N) is 1. The Kier molecular flexibility index (Phi) is 3.26. The van der Waals surface area contributed by atoms with Gasteiger partial charge >= 0.3 is 0 Å². The van der Waals surface area contributed by atoms with E-state index in [0.717, 1.165) is 22.4 Å². The molecule has 4 heteroatoms. The molecular weight excluding hydrogens is 194 g/mol. The summed E-state index contributed by atoms with van der Waals surface area (Å²) in [5, 5.41) is 4.24. The summed E-state index contributed by atoms with van der Waals surface area (Å²) in [5.41, 5.74) is 6.58. The van der Waals surface area contributed by atoms with Crippen molar-refractivity contribution in [1.29, 1.82) is 0 Å². The van der Waals surface area contributed by atoms with E-state index in [1.165, 1.54) is 19.5 Å². The van der Waals surface area contributed by atoms with Crippen molar-refractivity contribution >= 4 is 17.4 Å². The minimum absolute atomic E-state index is 0.796. The lowest BCUT2D eigenvalue weighted by Gasteiger charge is -2.26. The van der Waals surface area contributed by atoms with Crippen LogP contribution in [0, 0.1) is 5.92 Å². The number of pyridine rings is 1. The van der Waals surface area contributed by atoms with Crippen molar-refractivity contribution in [2.45, 2.75) is 11.4 Å². The van der Waals surface area contributed by atoms with E-state index in [4.69, 9.17) is 5.73 Å². The highest BCUT2D eigenvalue weighted by Gasteiger charge is 2.15. The van der Waals surface area contributed by atoms with E-state index in [2.05, 4.69) is 10.3 Å². The molecule has 0 spiro atoms. The average molecular weight is 209 g/mol. The van der Waals surface area contributed by atoms with Gasteiger partial charge in [0.2, 0.25) is 0 Å². The van der Waals surface area contributed by atoms with Crippen molar-refractivity contribution in [2.75, 3.05) is 24.6 Å². The topological polar surface area (TPSA) is 50.9 Å². The van der Waals surface area contributed by atoms with Gasteiger partial charge in [-0.2, -0.15) is 0 Å². The van der Waals surface area contributed by atoms with Gasteiger partial charge in [0.25, 0.3) is 0 Å². The van der Waals surface area contributed by atoms with Gasteiger partial charge in [0, 0.05) is 6.20 Å². The predicted molar refractivity (Wildman–Crippen MR) is 60.4 cm³/mol. The Balaban J connectivity index is 1.76. The number of rotatable bonds is 4. The largest absolute Gasteiger partial charge is 0.397 e. The molecule has 0 saturated carbocycles. The number of nitrogens with one attached hydrogen (secondary N) is 1. The lowest BCUT2D eigenvalue weighted by Crippen LogP contribution is -2.42. The minimum Gasteiger partial charge on any atom is -0.397 e. The summed E-state index contributed by atoms with van der Waals surface area (Å²) in [6, 6.07) is 3.77. The third kappa shape index (κ3) is 2.39. The molecule has 0 amide bonds. The molecule has 0 aromatic carbocycles. The van der Waals surface area contributed by atoms with E-state index in [9.17, 15) is 0 Å². The molecule has 0 aliphatic carbocycles. The first-order chi connectivity index (χ1) is 6.86. The molecule has 0 bridgehead atoms. The Morgan fingerprint density at radius 2 is 2.43 bits per heavy atom. The van der Waals surface area contributed by atoms with Crippen molar-refractivity contribution in [3.8, 4) is 0 Å². The van der Waals surface area contributed by atoms with Gasteiger partial charge in [-0.05, 0) is 43.3 Å². The fourth-order valence-corrected chi connectivity index (χ4v) is 2.41. The third-order valence-corrected chi connectivity index (χ3v) is 3.49. The Hall–Kier alpha value is -0.740. The number of hydrogen-bond acceptors (Lipinski definition) is 4. The molecular formula is C10H15N3S. The highest BCUT2D eigenvalue weighted by molar-refractivity contribution is 7.99. The van der Waals surface area contributed by atoms with Gasteiger partial charge in [-0.15, -0.1) is 11.8 Å². The van der Waals surface area contributed by atoms with Crippen molar-refractivity contribution in [3.05, 3.63) is 18.3 Å². The van der Waals surface area contributed by atoms with Crippen molar-refractivity contribution < 1.29 is 0 Å². The Bertz CT molecular complexity index is 299. The molecule has 1 aliphatic heterocycles. The van der Waals surface area contributed by atoms with Crippen molar-refractivity contribution in [3.63, 3.8) is 0 Å². The molecule has 0 atom stereocenters. The molecule has 2 rings (SSSR count). The summed E-state index contributed by atoms with van der Waals surface area (Å²) in [6.07, 6.45) is 3.05. The van der Waals surface area contributed by atoms with E-state index in [1.807, 2.05) is 12.1 Å². The number of hydrogen-bond donors (Lipinski definition) is 2. The van der Waals surface area contributed by atoms with Crippen LogP contribution < -0.4 is 11.1 Å². The van der Waals surface area contributed by atoms with Gasteiger partial charge < -0.3 is 11.1 Å². The molecule has 1 saturated heterocycles. The van der Waals surface area contributed by atoms with Crippen LogP contribution in [0.2, 0.25) is 0 Å². The summed E-state index contributed by atoms with van der Waals surface area (Å²) in [5.74, 6) is 1.99. The highest BCUT2D eigenvalue weighted by atomic mass is 32.2. The fourth-order valence-electron chi connectivity index (χ4n) is 1.40. The fraction of sp³-hybridized carbons (Fsp3) is 0.500. The second kappa shape index (κ2) is 4.66. The highest BCUT2D eigenvalue weighted by Crippen LogP contribution is 2.24. The van der Waals surface area contributed by atoms with E-state index >= 15 is 0 Å². The average Bonchev–Trinajstić information content (AvgIpc) is 2.12. The Labute approximate surface area is 88.5 Å². The van der Waals surface area contributed by atoms with Gasteiger partial charge in [0.15, 0.2) is 0 Å². The first-order valence-electron chi connectivity index (χ1n) is 4.90. The van der Waals surface area contributed by atoms with Crippen molar-refractivity contribution in [2.24, 2.45) is 5.92 Å². The predicted octanol–water partition coefficient (Wildman–Crippen LogP) is 1.37. The quantitative estimate of drug-likeness (QED) is 0.735. The molecule has 3 N–H and O–H groups in total. The lowest BCUT2D eigenvalue weighted by atomic mass is 10.0. The molecule has 1 aromatic rings. The lowest BCUT2D eigenvalue weighted by molar-refractivity contribution is 0.341. The zero-order valence-corrected chi connectivity index (χ0v) is 8.89. The van der Waals surface area contributed by atoms with Crippen LogP contribution in [0.1, 0.15) is 6.42 Å². The van der Waals surface area contributed by atoms with E-state index < -0.39 is 0 Å². The second-order valence-corrected chi connectivity index (χ2v) is 4.64. The van der Waals surface area contributed by atoms with Crippen LogP contribution in [-0.2, 0) is 0 Å². The van der Waals surface area contributed by atoms with Crippen LogP contribution in [0.25, 0.3) is 0 Å². The number of anilines is 1. The molecule has 1 aliphatic rings. The molecule has 14 heavy (non-hydrogen) atoms. The number of nitrogen functional groups attached to an aromatic ring is 1. The minimum atomic E-state index is 0.796. The van der Waals surface area contributed by atoms with E-state index in [1.54, 1.807) is 18.0 Å². The molecule has 0 radical (unpaired) electrons. The number of aromatic nitrogens is 1. The molecule has 76 valence electrons. The van der Waals surface area contributed by atoms with Gasteiger partial charge in [-0.25, -0.2) is 4.98 Å². The van der Waals surface area contributed by atoms with Gasteiger partial charge in [0.05, 0.1) is 5.69 Å². The molecule has 3 nitrogen and oxygen atoms in total. The number of thioether (sulfide) groups is 1. The van der Waals surface area contributed by atoms with Gasteiger partial charge in [-0.1, -0.05) is 0 Å². The van der Waals surface area contributed by atoms with Crippen LogP contribution in [0.3, 0.4) is 0 Å². The van der Waals surface area contributed by atoms with E-state index in [-0.39, 0.29) is 0 Å². The maximum Gasteiger partial charge on any atom is 0.119 e. The smallest absolute Gasteiger partial charge is 0.119 e. The number of nitrogens with two attached hydrogens (primary N) is 1. The summed E-state index contributed by atoms with van der Waals surface area (Å²) < 4.78 is 0. The third-order valence-electron chi connectivity index (χ3n) is 2.43. The standard InChI is InChI=1S/C10H15N3S/c11-9-2-1-4-13-10(9)14-5-3-8-6-12-7-8/h1-2,4,8,12H,3,5-7,11H2. The van der Waals surface area contributed by atoms with Crippen LogP contribution in [0.15, 0.2) is 23.4 Å². The van der Waals surface area contributed by atoms with E-state index in [0.29, 0.717) is 0 Å².